The van der Waals surface area contributed by atoms with Crippen LogP contribution in [-0.4, -0.2) is 59.7 Å². The number of aryl methyl sites for hydroxylation is 1. The van der Waals surface area contributed by atoms with Gasteiger partial charge >= 0.3 is 0 Å². The monoisotopic (exact) mass is 361 g/mol. The molecule has 3 rings (SSSR count). The van der Waals surface area contributed by atoms with Gasteiger partial charge < -0.3 is 4.74 Å². The second-order valence-electron chi connectivity index (χ2n) is 5.72. The van der Waals surface area contributed by atoms with E-state index < -0.39 is 0 Å². The normalized spacial score (nSPS) is 15.6. The molecule has 1 N–H and O–H groups in total. The number of halogens is 1. The van der Waals surface area contributed by atoms with Gasteiger partial charge in [0.25, 0.3) is 5.91 Å². The zero-order valence-corrected chi connectivity index (χ0v) is 14.7. The molecule has 1 saturated heterocycles. The highest BCUT2D eigenvalue weighted by Crippen LogP contribution is 2.21. The molecule has 0 radical (unpaired) electrons. The van der Waals surface area contributed by atoms with Gasteiger partial charge in [-0.1, -0.05) is 29.8 Å². The van der Waals surface area contributed by atoms with Crippen molar-refractivity contribution in [3.63, 3.8) is 0 Å². The fraction of sp³-hybridized carbons (Fsp3) is 0.353. The summed E-state index contributed by atoms with van der Waals surface area (Å²) in [5.74, 6) is -0.164. The number of carbonyl (C=O) groups is 1. The zero-order chi connectivity index (χ0) is 17.6. The van der Waals surface area contributed by atoms with Crippen molar-refractivity contribution in [3.8, 4) is 5.69 Å². The molecule has 1 fully saturated rings. The smallest absolute Gasteiger partial charge is 0.254 e. The van der Waals surface area contributed by atoms with E-state index in [0.29, 0.717) is 30.5 Å². The van der Waals surface area contributed by atoms with Crippen LogP contribution in [0.1, 0.15) is 11.3 Å². The maximum atomic E-state index is 11.9. The molecule has 0 aliphatic carbocycles. The zero-order valence-electron chi connectivity index (χ0n) is 14.0. The van der Waals surface area contributed by atoms with Crippen molar-refractivity contribution in [1.82, 2.24) is 20.1 Å². The van der Waals surface area contributed by atoms with Crippen molar-refractivity contribution < 1.29 is 9.53 Å². The molecule has 0 saturated carbocycles. The van der Waals surface area contributed by atoms with Gasteiger partial charge in [0.2, 0.25) is 0 Å². The first-order chi connectivity index (χ1) is 12.1. The molecule has 25 heavy (non-hydrogen) atoms. The minimum atomic E-state index is -0.164. The molecule has 1 aromatic heterocycles. The van der Waals surface area contributed by atoms with Gasteiger partial charge in [-0.3, -0.25) is 9.69 Å². The first kappa shape index (κ1) is 17.6. The Morgan fingerprint density at radius 2 is 2.08 bits per heavy atom. The van der Waals surface area contributed by atoms with Gasteiger partial charge in [0, 0.05) is 13.1 Å². The van der Waals surface area contributed by atoms with Crippen LogP contribution >= 0.6 is 11.6 Å². The van der Waals surface area contributed by atoms with E-state index in [9.17, 15) is 4.79 Å². The number of rotatable bonds is 5. The summed E-state index contributed by atoms with van der Waals surface area (Å²) in [5.41, 5.74) is 4.82. The van der Waals surface area contributed by atoms with E-state index in [4.69, 9.17) is 16.3 Å². The van der Waals surface area contributed by atoms with E-state index in [1.54, 1.807) is 4.68 Å². The molecule has 8 heteroatoms. The molecule has 0 spiro atoms. The molecular formula is C17H20ClN5O2. The standard InChI is InChI=1S/C17H20ClN5O2/c1-13-15(17(18)23(21-13)14-5-3-2-4-6-14)11-19-20-16(24)12-22-7-9-25-10-8-22/h2-6,11H,7-10,12H2,1H3,(H,20,24)/b19-11+. The third-order valence-electron chi connectivity index (χ3n) is 3.90. The van der Waals surface area contributed by atoms with Crippen molar-refractivity contribution in [1.29, 1.82) is 0 Å². The van der Waals surface area contributed by atoms with Crippen molar-refractivity contribution in [2.75, 3.05) is 32.8 Å². The summed E-state index contributed by atoms with van der Waals surface area (Å²) in [6.45, 7) is 4.98. The fourth-order valence-electron chi connectivity index (χ4n) is 2.56. The highest BCUT2D eigenvalue weighted by Gasteiger charge is 2.15. The number of morpholine rings is 1. The van der Waals surface area contributed by atoms with E-state index in [1.165, 1.54) is 6.21 Å². The lowest BCUT2D eigenvalue weighted by Gasteiger charge is -2.25. The van der Waals surface area contributed by atoms with Gasteiger partial charge in [0.05, 0.1) is 42.9 Å². The maximum Gasteiger partial charge on any atom is 0.254 e. The molecule has 0 atom stereocenters. The number of benzene rings is 1. The van der Waals surface area contributed by atoms with Crippen LogP contribution in [0.25, 0.3) is 5.69 Å². The summed E-state index contributed by atoms with van der Waals surface area (Å²) in [7, 11) is 0. The van der Waals surface area contributed by atoms with Crippen molar-refractivity contribution in [2.45, 2.75) is 6.92 Å². The third-order valence-corrected chi connectivity index (χ3v) is 4.27. The molecule has 1 aromatic carbocycles. The second-order valence-corrected chi connectivity index (χ2v) is 6.08. The van der Waals surface area contributed by atoms with E-state index in [1.807, 2.05) is 42.2 Å². The minimum absolute atomic E-state index is 0.164. The maximum absolute atomic E-state index is 11.9. The summed E-state index contributed by atoms with van der Waals surface area (Å²) >= 11 is 6.41. The van der Waals surface area contributed by atoms with Gasteiger partial charge in [-0.25, -0.2) is 10.1 Å². The van der Waals surface area contributed by atoms with E-state index in [0.717, 1.165) is 24.5 Å². The van der Waals surface area contributed by atoms with E-state index in [-0.39, 0.29) is 5.91 Å². The van der Waals surface area contributed by atoms with Crippen molar-refractivity contribution in [3.05, 3.63) is 46.7 Å². The SMILES string of the molecule is Cc1nn(-c2ccccc2)c(Cl)c1/C=N/NC(=O)CN1CCOCC1. The lowest BCUT2D eigenvalue weighted by atomic mass is 10.3. The van der Waals surface area contributed by atoms with Crippen LogP contribution in [0.4, 0.5) is 0 Å². The number of hydrogen-bond donors (Lipinski definition) is 1. The summed E-state index contributed by atoms with van der Waals surface area (Å²) in [6.07, 6.45) is 1.53. The molecule has 0 bridgehead atoms. The molecule has 1 amide bonds. The number of carbonyl (C=O) groups excluding carboxylic acids is 1. The average Bonchev–Trinajstić information content (AvgIpc) is 2.91. The molecule has 0 unspecified atom stereocenters. The van der Waals surface area contributed by atoms with Crippen LogP contribution in [0, 0.1) is 6.92 Å². The Labute approximate surface area is 151 Å². The lowest BCUT2D eigenvalue weighted by molar-refractivity contribution is -0.123. The summed E-state index contributed by atoms with van der Waals surface area (Å²) in [4.78, 5) is 14.0. The predicted octanol–water partition coefficient (Wildman–Crippen LogP) is 1.62. The molecule has 132 valence electrons. The minimum Gasteiger partial charge on any atom is -0.379 e. The summed E-state index contributed by atoms with van der Waals surface area (Å²) in [6, 6.07) is 9.61. The number of ether oxygens (including phenoxy) is 1. The third kappa shape index (κ3) is 4.45. The van der Waals surface area contributed by atoms with Gasteiger partial charge in [-0.05, 0) is 19.1 Å². The first-order valence-corrected chi connectivity index (χ1v) is 8.45. The van der Waals surface area contributed by atoms with Crippen LogP contribution in [0.3, 0.4) is 0 Å². The Kier molecular flexibility index (Phi) is 5.80. The van der Waals surface area contributed by atoms with E-state index in [2.05, 4.69) is 15.6 Å². The van der Waals surface area contributed by atoms with Gasteiger partial charge in [0.1, 0.15) is 5.15 Å². The topological polar surface area (TPSA) is 71.8 Å². The highest BCUT2D eigenvalue weighted by atomic mass is 35.5. The number of para-hydroxylation sites is 1. The Morgan fingerprint density at radius 1 is 1.36 bits per heavy atom. The Bertz CT molecular complexity index is 754. The number of amides is 1. The molecule has 2 heterocycles. The first-order valence-electron chi connectivity index (χ1n) is 8.07. The van der Waals surface area contributed by atoms with Crippen molar-refractivity contribution >= 4 is 23.7 Å². The molecule has 7 nitrogen and oxygen atoms in total. The molecule has 1 aliphatic heterocycles. The average molecular weight is 362 g/mol. The summed E-state index contributed by atoms with van der Waals surface area (Å²) in [5, 5.41) is 8.90. The molecular weight excluding hydrogens is 342 g/mol. The predicted molar refractivity (Wildman–Crippen MR) is 96.3 cm³/mol. The van der Waals surface area contributed by atoms with Crippen LogP contribution in [0.5, 0.6) is 0 Å². The van der Waals surface area contributed by atoms with Crippen LogP contribution in [0.15, 0.2) is 35.4 Å². The van der Waals surface area contributed by atoms with Gasteiger partial charge in [0.15, 0.2) is 0 Å². The van der Waals surface area contributed by atoms with Gasteiger partial charge in [-0.2, -0.15) is 10.2 Å². The van der Waals surface area contributed by atoms with Crippen LogP contribution in [0.2, 0.25) is 5.15 Å². The Balaban J connectivity index is 1.63. The largest absolute Gasteiger partial charge is 0.379 e. The van der Waals surface area contributed by atoms with Gasteiger partial charge in [-0.15, -0.1) is 0 Å². The second kappa shape index (κ2) is 8.24. The number of aromatic nitrogens is 2. The molecule has 2 aromatic rings. The number of hydrogen-bond acceptors (Lipinski definition) is 5. The lowest BCUT2D eigenvalue weighted by Crippen LogP contribution is -2.42. The van der Waals surface area contributed by atoms with E-state index >= 15 is 0 Å². The fourth-order valence-corrected chi connectivity index (χ4v) is 2.89. The quantitative estimate of drug-likeness (QED) is 0.649. The Morgan fingerprint density at radius 3 is 2.80 bits per heavy atom. The van der Waals surface area contributed by atoms with Crippen LogP contribution in [-0.2, 0) is 9.53 Å². The number of nitrogens with zero attached hydrogens (tertiary/aromatic N) is 4. The summed E-state index contributed by atoms with van der Waals surface area (Å²) < 4.78 is 6.91. The van der Waals surface area contributed by atoms with Crippen LogP contribution < -0.4 is 5.43 Å². The van der Waals surface area contributed by atoms with Crippen molar-refractivity contribution in [2.24, 2.45) is 5.10 Å². The number of nitrogens with one attached hydrogen (secondary N) is 1. The highest BCUT2D eigenvalue weighted by molar-refractivity contribution is 6.32. The molecule has 1 aliphatic rings. The number of hydrazone groups is 1. The Hall–Kier alpha value is -2.22.